The third kappa shape index (κ3) is 3.81. The number of H-pyrrole nitrogens is 1. The summed E-state index contributed by atoms with van der Waals surface area (Å²) in [7, 11) is 1.62. The van der Waals surface area contributed by atoms with Crippen molar-refractivity contribution in [1.29, 1.82) is 0 Å². The lowest BCUT2D eigenvalue weighted by molar-refractivity contribution is -0.115. The van der Waals surface area contributed by atoms with Gasteiger partial charge in [0, 0.05) is 5.69 Å². The van der Waals surface area contributed by atoms with E-state index in [1.165, 1.54) is 0 Å². The Morgan fingerprint density at radius 2 is 1.83 bits per heavy atom. The molecule has 0 saturated heterocycles. The maximum absolute atomic E-state index is 12.1. The van der Waals surface area contributed by atoms with E-state index in [-0.39, 0.29) is 5.91 Å². The first-order valence-electron chi connectivity index (χ1n) is 7.69. The number of aromatic nitrogens is 2. The maximum atomic E-state index is 12.1. The summed E-state index contributed by atoms with van der Waals surface area (Å²) in [5.41, 5.74) is 3.71. The van der Waals surface area contributed by atoms with Crippen molar-refractivity contribution in [2.45, 2.75) is 13.3 Å². The van der Waals surface area contributed by atoms with Crippen molar-refractivity contribution in [2.24, 2.45) is 0 Å². The fraction of sp³-hybridized carbons (Fsp3) is 0.158. The number of imidazole rings is 1. The van der Waals surface area contributed by atoms with Crippen LogP contribution in [0.3, 0.4) is 0 Å². The van der Waals surface area contributed by atoms with E-state index in [4.69, 9.17) is 4.74 Å². The van der Waals surface area contributed by atoms with Gasteiger partial charge in [-0.3, -0.25) is 4.79 Å². The van der Waals surface area contributed by atoms with Gasteiger partial charge in [0.05, 0.1) is 25.4 Å². The molecule has 5 nitrogen and oxygen atoms in total. The lowest BCUT2D eigenvalue weighted by atomic mass is 10.1. The van der Waals surface area contributed by atoms with Crippen LogP contribution < -0.4 is 10.1 Å². The molecule has 1 amide bonds. The molecule has 0 radical (unpaired) electrons. The van der Waals surface area contributed by atoms with Gasteiger partial charge < -0.3 is 15.0 Å². The minimum atomic E-state index is -0.0506. The molecule has 0 bridgehead atoms. The molecule has 0 atom stereocenters. The number of nitrogens with zero attached hydrogens (tertiary/aromatic N) is 1. The number of amides is 1. The Balaban J connectivity index is 1.61. The van der Waals surface area contributed by atoms with Crippen LogP contribution in [0.2, 0.25) is 0 Å². The summed E-state index contributed by atoms with van der Waals surface area (Å²) < 4.78 is 5.11. The number of carbonyl (C=O) groups excluding carboxylic acids is 1. The smallest absolute Gasteiger partial charge is 0.228 e. The minimum Gasteiger partial charge on any atom is -0.497 e. The Bertz CT molecular complexity index is 821. The molecule has 0 aliphatic rings. The van der Waals surface area contributed by atoms with E-state index in [9.17, 15) is 4.79 Å². The normalized spacial score (nSPS) is 10.4. The molecular formula is C19H19N3O2. The monoisotopic (exact) mass is 321 g/mol. The van der Waals surface area contributed by atoms with E-state index in [1.54, 1.807) is 13.3 Å². The Kier molecular flexibility index (Phi) is 4.61. The van der Waals surface area contributed by atoms with E-state index in [0.29, 0.717) is 6.42 Å². The van der Waals surface area contributed by atoms with Gasteiger partial charge in [0.2, 0.25) is 5.91 Å². The molecule has 0 aliphatic carbocycles. The Morgan fingerprint density at radius 1 is 1.12 bits per heavy atom. The molecule has 0 aliphatic heterocycles. The SMILES string of the molecule is COc1ccc(CC(=O)Nc2ccc(-c3cnc(C)[nH]3)cc2)cc1. The highest BCUT2D eigenvalue weighted by molar-refractivity contribution is 5.92. The zero-order valence-electron chi connectivity index (χ0n) is 13.7. The van der Waals surface area contributed by atoms with Crippen molar-refractivity contribution in [3.63, 3.8) is 0 Å². The van der Waals surface area contributed by atoms with E-state index >= 15 is 0 Å². The summed E-state index contributed by atoms with van der Waals surface area (Å²) in [4.78, 5) is 19.5. The van der Waals surface area contributed by atoms with E-state index in [1.807, 2.05) is 55.5 Å². The number of anilines is 1. The number of hydrogen-bond acceptors (Lipinski definition) is 3. The third-order valence-corrected chi connectivity index (χ3v) is 3.71. The summed E-state index contributed by atoms with van der Waals surface area (Å²) in [5, 5.41) is 2.91. The zero-order valence-corrected chi connectivity index (χ0v) is 13.7. The lowest BCUT2D eigenvalue weighted by Crippen LogP contribution is -2.14. The van der Waals surface area contributed by atoms with Gasteiger partial charge in [-0.25, -0.2) is 4.98 Å². The molecule has 122 valence electrons. The topological polar surface area (TPSA) is 67.0 Å². The quantitative estimate of drug-likeness (QED) is 0.755. The first-order chi connectivity index (χ1) is 11.6. The maximum Gasteiger partial charge on any atom is 0.228 e. The van der Waals surface area contributed by atoms with Crippen LogP contribution in [0.15, 0.2) is 54.7 Å². The molecule has 3 aromatic rings. The highest BCUT2D eigenvalue weighted by atomic mass is 16.5. The van der Waals surface area contributed by atoms with Gasteiger partial charge in [0.15, 0.2) is 0 Å². The van der Waals surface area contributed by atoms with Gasteiger partial charge in [0.25, 0.3) is 0 Å². The average molecular weight is 321 g/mol. The molecule has 3 rings (SSSR count). The standard InChI is InChI=1S/C19H19N3O2/c1-13-20-12-18(21-13)15-5-7-16(8-6-15)22-19(23)11-14-3-9-17(24-2)10-4-14/h3-10,12H,11H2,1-2H3,(H,20,21)(H,22,23). The fourth-order valence-corrected chi connectivity index (χ4v) is 2.43. The molecule has 0 fully saturated rings. The number of ether oxygens (including phenoxy) is 1. The predicted octanol–water partition coefficient (Wildman–Crippen LogP) is 3.57. The van der Waals surface area contributed by atoms with Crippen LogP contribution >= 0.6 is 0 Å². The van der Waals surface area contributed by atoms with Crippen molar-refractivity contribution in [2.75, 3.05) is 12.4 Å². The summed E-state index contributed by atoms with van der Waals surface area (Å²) >= 11 is 0. The number of rotatable bonds is 5. The number of aryl methyl sites for hydroxylation is 1. The predicted molar refractivity (Wildman–Crippen MR) is 94.1 cm³/mol. The Labute approximate surface area is 140 Å². The van der Waals surface area contributed by atoms with Crippen molar-refractivity contribution in [1.82, 2.24) is 9.97 Å². The second-order valence-corrected chi connectivity index (χ2v) is 5.53. The highest BCUT2D eigenvalue weighted by Crippen LogP contribution is 2.20. The highest BCUT2D eigenvalue weighted by Gasteiger charge is 2.06. The van der Waals surface area contributed by atoms with Gasteiger partial charge in [-0.15, -0.1) is 0 Å². The van der Waals surface area contributed by atoms with Gasteiger partial charge in [-0.1, -0.05) is 24.3 Å². The number of carbonyl (C=O) groups is 1. The first-order valence-corrected chi connectivity index (χ1v) is 7.69. The van der Waals surface area contributed by atoms with Gasteiger partial charge >= 0.3 is 0 Å². The van der Waals surface area contributed by atoms with Crippen LogP contribution in [-0.2, 0) is 11.2 Å². The number of hydrogen-bond donors (Lipinski definition) is 2. The molecule has 24 heavy (non-hydrogen) atoms. The van der Waals surface area contributed by atoms with Gasteiger partial charge in [-0.05, 0) is 42.3 Å². The van der Waals surface area contributed by atoms with E-state index < -0.39 is 0 Å². The molecule has 0 spiro atoms. The Morgan fingerprint density at radius 3 is 2.42 bits per heavy atom. The number of methoxy groups -OCH3 is 1. The Hall–Kier alpha value is -3.08. The minimum absolute atomic E-state index is 0.0506. The summed E-state index contributed by atoms with van der Waals surface area (Å²) in [6.07, 6.45) is 2.12. The number of nitrogens with one attached hydrogen (secondary N) is 2. The van der Waals surface area contributed by atoms with Crippen LogP contribution in [0, 0.1) is 6.92 Å². The molecule has 1 heterocycles. The summed E-state index contributed by atoms with van der Waals surface area (Å²) in [6.45, 7) is 1.91. The molecule has 1 aromatic heterocycles. The summed E-state index contributed by atoms with van der Waals surface area (Å²) in [5.74, 6) is 1.61. The number of aromatic amines is 1. The first kappa shape index (κ1) is 15.8. The van der Waals surface area contributed by atoms with Crippen LogP contribution in [0.25, 0.3) is 11.3 Å². The molecule has 0 unspecified atom stereocenters. The van der Waals surface area contributed by atoms with Crippen LogP contribution in [0.1, 0.15) is 11.4 Å². The van der Waals surface area contributed by atoms with Crippen molar-refractivity contribution < 1.29 is 9.53 Å². The van der Waals surface area contributed by atoms with Crippen LogP contribution in [0.4, 0.5) is 5.69 Å². The van der Waals surface area contributed by atoms with E-state index in [2.05, 4.69) is 15.3 Å². The molecule has 5 heteroatoms. The van der Waals surface area contributed by atoms with Gasteiger partial charge in [0.1, 0.15) is 11.6 Å². The zero-order chi connectivity index (χ0) is 16.9. The second kappa shape index (κ2) is 7.00. The van der Waals surface area contributed by atoms with Crippen molar-refractivity contribution in [3.05, 3.63) is 66.1 Å². The molecule has 2 N–H and O–H groups in total. The van der Waals surface area contributed by atoms with Crippen LogP contribution in [0.5, 0.6) is 5.75 Å². The van der Waals surface area contributed by atoms with Crippen LogP contribution in [-0.4, -0.2) is 23.0 Å². The summed E-state index contributed by atoms with van der Waals surface area (Å²) in [6, 6.07) is 15.2. The second-order valence-electron chi connectivity index (χ2n) is 5.53. The van der Waals surface area contributed by atoms with Crippen molar-refractivity contribution in [3.8, 4) is 17.0 Å². The number of benzene rings is 2. The molecule has 2 aromatic carbocycles. The van der Waals surface area contributed by atoms with Gasteiger partial charge in [-0.2, -0.15) is 0 Å². The lowest BCUT2D eigenvalue weighted by Gasteiger charge is -2.07. The van der Waals surface area contributed by atoms with Crippen molar-refractivity contribution >= 4 is 11.6 Å². The van der Waals surface area contributed by atoms with E-state index in [0.717, 1.165) is 34.1 Å². The third-order valence-electron chi connectivity index (χ3n) is 3.71. The molecular weight excluding hydrogens is 302 g/mol. The molecule has 0 saturated carbocycles. The average Bonchev–Trinajstić information content (AvgIpc) is 3.02. The fourth-order valence-electron chi connectivity index (χ4n) is 2.43. The largest absolute Gasteiger partial charge is 0.497 e.